The van der Waals surface area contributed by atoms with Gasteiger partial charge in [0.2, 0.25) is 17.7 Å². The van der Waals surface area contributed by atoms with Gasteiger partial charge in [0.1, 0.15) is 12.1 Å². The predicted octanol–water partition coefficient (Wildman–Crippen LogP) is 5.80. The van der Waals surface area contributed by atoms with E-state index in [2.05, 4.69) is 74.0 Å². The van der Waals surface area contributed by atoms with Gasteiger partial charge in [-0.3, -0.25) is 34.4 Å². The van der Waals surface area contributed by atoms with E-state index in [1.165, 1.54) is 41.1 Å². The van der Waals surface area contributed by atoms with Crippen LogP contribution in [0.25, 0.3) is 32.9 Å². The van der Waals surface area contributed by atoms with Crippen molar-refractivity contribution in [2.24, 2.45) is 13.0 Å². The van der Waals surface area contributed by atoms with Crippen LogP contribution in [0.1, 0.15) is 78.5 Å². The van der Waals surface area contributed by atoms with Gasteiger partial charge >= 0.3 is 0 Å². The summed E-state index contributed by atoms with van der Waals surface area (Å²) in [6.45, 7) is 5.22. The smallest absolute Gasteiger partial charge is 0.262 e. The average molecular weight is 809 g/mol. The molecule has 0 radical (unpaired) electrons. The maximum absolute atomic E-state index is 13.3. The molecular weight excluding hydrogens is 757 g/mol. The summed E-state index contributed by atoms with van der Waals surface area (Å²) in [6.07, 6.45) is 14.0. The molecule has 1 N–H and O–H groups in total. The normalized spacial score (nSPS) is 23.1. The number of carbonyl (C=O) groups is 4. The van der Waals surface area contributed by atoms with Gasteiger partial charge in [-0.1, -0.05) is 12.1 Å². The SMILES string of the molecule is CN(C1CCN(CCC2CCN(c3ccc4c(c3)C(=O)N(C3CCC(=O)NC3=O)C4=O)CC2)CC1)C1CC(Oc2ccc(-c3ccc4c5cnccc5n(C)c4c3)cn2)C1. The molecule has 0 spiro atoms. The summed E-state index contributed by atoms with van der Waals surface area (Å²) in [7, 11) is 4.40. The molecule has 4 amide bonds. The van der Waals surface area contributed by atoms with E-state index in [1.54, 1.807) is 6.07 Å². The second-order valence-electron chi connectivity index (χ2n) is 17.6. The van der Waals surface area contributed by atoms with Crippen LogP contribution in [-0.2, 0) is 16.6 Å². The van der Waals surface area contributed by atoms with Gasteiger partial charge in [-0.15, -0.1) is 0 Å². The van der Waals surface area contributed by atoms with Crippen LogP contribution in [0.3, 0.4) is 0 Å². The van der Waals surface area contributed by atoms with Crippen molar-refractivity contribution in [1.82, 2.24) is 34.6 Å². The molecule has 0 bridgehead atoms. The maximum atomic E-state index is 13.3. The third kappa shape index (κ3) is 7.11. The highest BCUT2D eigenvalue weighted by Crippen LogP contribution is 2.36. The molecule has 10 rings (SSSR count). The molecule has 3 saturated heterocycles. The van der Waals surface area contributed by atoms with Gasteiger partial charge in [0.25, 0.3) is 11.8 Å². The number of aryl methyl sites for hydroxylation is 1. The summed E-state index contributed by atoms with van der Waals surface area (Å²) in [4.78, 5) is 68.2. The molecule has 3 aromatic heterocycles. The summed E-state index contributed by atoms with van der Waals surface area (Å²) in [5, 5.41) is 4.64. The molecule has 1 unspecified atom stereocenters. The molecule has 2 aromatic carbocycles. The first-order chi connectivity index (χ1) is 29.2. The number of rotatable bonds is 10. The Balaban J connectivity index is 0.643. The molecule has 4 fully saturated rings. The summed E-state index contributed by atoms with van der Waals surface area (Å²) in [5.74, 6) is -0.525. The zero-order valence-electron chi connectivity index (χ0n) is 34.4. The molecule has 13 nitrogen and oxygen atoms in total. The lowest BCUT2D eigenvalue weighted by Crippen LogP contribution is -2.54. The minimum Gasteiger partial charge on any atom is -0.474 e. The molecule has 1 aliphatic carbocycles. The number of nitrogens with zero attached hydrogens (tertiary/aromatic N) is 7. The molecule has 1 atom stereocenters. The molecule has 5 aliphatic rings. The van der Waals surface area contributed by atoms with E-state index >= 15 is 0 Å². The number of hydrogen-bond donors (Lipinski definition) is 1. The third-order valence-electron chi connectivity index (χ3n) is 14.2. The van der Waals surface area contributed by atoms with Crippen LogP contribution < -0.4 is 15.0 Å². The van der Waals surface area contributed by atoms with Crippen LogP contribution in [0.2, 0.25) is 0 Å². The van der Waals surface area contributed by atoms with Crippen molar-refractivity contribution >= 4 is 51.1 Å². The second kappa shape index (κ2) is 15.7. The van der Waals surface area contributed by atoms with Gasteiger partial charge in [-0.05, 0) is 113 Å². The van der Waals surface area contributed by atoms with E-state index in [0.717, 1.165) is 80.1 Å². The number of likely N-dealkylation sites (tertiary alicyclic amines) is 1. The lowest BCUT2D eigenvalue weighted by molar-refractivity contribution is -0.136. The monoisotopic (exact) mass is 808 g/mol. The fraction of sp³-hybridized carbons (Fsp3) is 0.447. The van der Waals surface area contributed by atoms with E-state index in [0.29, 0.717) is 35.0 Å². The van der Waals surface area contributed by atoms with Crippen molar-refractivity contribution < 1.29 is 23.9 Å². The summed E-state index contributed by atoms with van der Waals surface area (Å²) < 4.78 is 8.55. The highest BCUT2D eigenvalue weighted by molar-refractivity contribution is 6.23. The van der Waals surface area contributed by atoms with Crippen LogP contribution >= 0.6 is 0 Å². The Morgan fingerprint density at radius 3 is 2.33 bits per heavy atom. The van der Waals surface area contributed by atoms with Crippen molar-refractivity contribution in [2.45, 2.75) is 82.0 Å². The molecule has 7 heterocycles. The molecule has 1 saturated carbocycles. The number of imide groups is 2. The van der Waals surface area contributed by atoms with Crippen molar-refractivity contribution in [3.63, 3.8) is 0 Å². The number of benzene rings is 2. The molecule has 310 valence electrons. The van der Waals surface area contributed by atoms with Crippen molar-refractivity contribution in [3.8, 4) is 17.0 Å². The predicted molar refractivity (Wildman–Crippen MR) is 229 cm³/mol. The van der Waals surface area contributed by atoms with Gasteiger partial charge in [-0.25, -0.2) is 4.98 Å². The van der Waals surface area contributed by atoms with Gasteiger partial charge in [0.05, 0.1) is 16.6 Å². The van der Waals surface area contributed by atoms with Crippen LogP contribution in [0, 0.1) is 5.92 Å². The fourth-order valence-electron chi connectivity index (χ4n) is 10.3. The van der Waals surface area contributed by atoms with Gasteiger partial charge in [0, 0.05) is 104 Å². The number of pyridine rings is 2. The Morgan fingerprint density at radius 2 is 1.57 bits per heavy atom. The summed E-state index contributed by atoms with van der Waals surface area (Å²) >= 11 is 0. The van der Waals surface area contributed by atoms with E-state index < -0.39 is 23.8 Å². The number of nitrogens with one attached hydrogen (secondary N) is 1. The lowest BCUT2D eigenvalue weighted by Gasteiger charge is -2.46. The van der Waals surface area contributed by atoms with E-state index in [4.69, 9.17) is 9.72 Å². The topological polar surface area (TPSA) is 133 Å². The Labute approximate surface area is 349 Å². The summed E-state index contributed by atoms with van der Waals surface area (Å²) in [6, 6.07) is 18.4. The Kier molecular flexibility index (Phi) is 10.1. The first kappa shape index (κ1) is 38.5. The standard InChI is InChI=1S/C47H52N8O5/c1-51(34-24-35(25-34)60-44-10-4-31(27-49-44)30-3-6-36-39-28-48-17-11-40(39)52(2)42(36)23-30)32-15-19-53(20-16-32)18-12-29-13-21-54(22-14-29)33-5-7-37-38(26-33)47(59)55(46(37)58)41-8-9-43(56)50-45(41)57/h3-7,10-11,17,23,26-29,32,34-35,41H,8-9,12-16,18-22,24-25H2,1-2H3,(H,50,56,57). The van der Waals surface area contributed by atoms with Gasteiger partial charge < -0.3 is 24.0 Å². The number of anilines is 1. The van der Waals surface area contributed by atoms with Crippen LogP contribution in [0.15, 0.2) is 73.2 Å². The minimum absolute atomic E-state index is 0.110. The van der Waals surface area contributed by atoms with Crippen LogP contribution in [-0.4, -0.2) is 117 Å². The van der Waals surface area contributed by atoms with Crippen LogP contribution in [0.4, 0.5) is 5.69 Å². The van der Waals surface area contributed by atoms with Crippen molar-refractivity contribution in [3.05, 3.63) is 84.3 Å². The highest BCUT2D eigenvalue weighted by atomic mass is 16.5. The molecule has 13 heteroatoms. The molecule has 4 aliphatic heterocycles. The number of ether oxygens (including phenoxy) is 1. The maximum Gasteiger partial charge on any atom is 0.262 e. The first-order valence-electron chi connectivity index (χ1n) is 21.7. The number of carbonyl (C=O) groups excluding carboxylic acids is 4. The Morgan fingerprint density at radius 1 is 0.783 bits per heavy atom. The van der Waals surface area contributed by atoms with E-state index in [1.807, 2.05) is 36.8 Å². The third-order valence-corrected chi connectivity index (χ3v) is 14.2. The average Bonchev–Trinajstić information content (AvgIpc) is 3.69. The number of amides is 4. The number of hydrogen-bond acceptors (Lipinski definition) is 10. The van der Waals surface area contributed by atoms with Crippen LogP contribution in [0.5, 0.6) is 5.88 Å². The molecular formula is C47H52N8O5. The fourth-order valence-corrected chi connectivity index (χ4v) is 10.3. The first-order valence-corrected chi connectivity index (χ1v) is 21.7. The minimum atomic E-state index is -0.949. The second-order valence-corrected chi connectivity index (χ2v) is 17.6. The Hall–Kier alpha value is -5.66. The quantitative estimate of drug-likeness (QED) is 0.173. The number of fused-ring (bicyclic) bond motifs is 4. The van der Waals surface area contributed by atoms with Gasteiger partial charge in [-0.2, -0.15) is 0 Å². The summed E-state index contributed by atoms with van der Waals surface area (Å²) in [5.41, 5.74) is 6.17. The van der Waals surface area contributed by atoms with Crippen molar-refractivity contribution in [1.29, 1.82) is 0 Å². The van der Waals surface area contributed by atoms with Crippen molar-refractivity contribution in [2.75, 3.05) is 44.7 Å². The zero-order valence-corrected chi connectivity index (χ0v) is 34.4. The molecule has 60 heavy (non-hydrogen) atoms. The van der Waals surface area contributed by atoms with E-state index in [-0.39, 0.29) is 24.9 Å². The van der Waals surface area contributed by atoms with E-state index in [9.17, 15) is 19.2 Å². The zero-order chi connectivity index (χ0) is 41.1. The van der Waals surface area contributed by atoms with Gasteiger partial charge in [0.15, 0.2) is 0 Å². The Bertz CT molecular complexity index is 2480. The largest absolute Gasteiger partial charge is 0.474 e. The highest BCUT2D eigenvalue weighted by Gasteiger charge is 2.45. The lowest BCUT2D eigenvalue weighted by atomic mass is 9.86. The number of aromatic nitrogens is 3. The number of piperidine rings is 3. The molecule has 5 aromatic rings.